The average molecular weight is 262 g/mol. The highest BCUT2D eigenvalue weighted by atomic mass is 16.3. The molecule has 2 rings (SSSR count). The third-order valence-corrected chi connectivity index (χ3v) is 3.02. The number of quaternary nitrogens is 1. The summed E-state index contributed by atoms with van der Waals surface area (Å²) in [4.78, 5) is 0. The molecular weight excluding hydrogens is 242 g/mol. The van der Waals surface area contributed by atoms with Gasteiger partial charge in [0.1, 0.15) is 12.3 Å². The van der Waals surface area contributed by atoms with Crippen LogP contribution in [-0.4, -0.2) is 23.4 Å². The Morgan fingerprint density at radius 3 is 2.53 bits per heavy atom. The molecule has 0 fully saturated rings. The van der Waals surface area contributed by atoms with Gasteiger partial charge >= 0.3 is 0 Å². The molecule has 0 aliphatic carbocycles. The number of nitrogens with two attached hydrogens (primary N) is 1. The van der Waals surface area contributed by atoms with E-state index in [1.54, 1.807) is 6.92 Å². The van der Waals surface area contributed by atoms with E-state index in [4.69, 9.17) is 9.52 Å². The van der Waals surface area contributed by atoms with Crippen LogP contribution >= 0.6 is 0 Å². The Morgan fingerprint density at radius 2 is 1.89 bits per heavy atom. The summed E-state index contributed by atoms with van der Waals surface area (Å²) < 4.78 is 5.74. The van der Waals surface area contributed by atoms with E-state index >= 15 is 0 Å². The molecule has 0 aliphatic heterocycles. The number of furan rings is 1. The molecule has 0 radical (unpaired) electrons. The minimum absolute atomic E-state index is 0.175. The van der Waals surface area contributed by atoms with Crippen molar-refractivity contribution in [1.82, 2.24) is 0 Å². The van der Waals surface area contributed by atoms with Crippen LogP contribution in [0.2, 0.25) is 0 Å². The fourth-order valence-corrected chi connectivity index (χ4v) is 1.90. The van der Waals surface area contributed by atoms with Gasteiger partial charge in [-0.15, -0.1) is 0 Å². The predicted octanol–water partition coefficient (Wildman–Crippen LogP) is 1.06. The molecule has 1 aromatic heterocycles. The molecule has 1 atom stereocenters. The summed E-state index contributed by atoms with van der Waals surface area (Å²) in [7, 11) is 0. The van der Waals surface area contributed by atoms with Crippen LogP contribution in [0.1, 0.15) is 24.4 Å². The molecule has 19 heavy (non-hydrogen) atoms. The third kappa shape index (κ3) is 3.67. The Morgan fingerprint density at radius 1 is 1.16 bits per heavy atom. The Kier molecular flexibility index (Phi) is 4.74. The van der Waals surface area contributed by atoms with E-state index in [9.17, 15) is 5.11 Å². The minimum Gasteiger partial charge on any atom is -0.455 e. The van der Waals surface area contributed by atoms with Gasteiger partial charge in [0.25, 0.3) is 0 Å². The van der Waals surface area contributed by atoms with Gasteiger partial charge in [0.15, 0.2) is 5.76 Å². The topological polar surface area (TPSA) is 70.2 Å². The molecular formula is C15H20NO3+. The number of hydrogen-bond acceptors (Lipinski definition) is 3. The van der Waals surface area contributed by atoms with Gasteiger partial charge in [0, 0.05) is 5.56 Å². The van der Waals surface area contributed by atoms with E-state index in [1.807, 2.05) is 41.7 Å². The summed E-state index contributed by atoms with van der Waals surface area (Å²) in [5, 5.41) is 20.2. The lowest BCUT2D eigenvalue weighted by Crippen LogP contribution is -2.83. The summed E-state index contributed by atoms with van der Waals surface area (Å²) in [6.45, 7) is 3.33. The SMILES string of the molecule is C[C@@H](O)c1ccc(-c2ccc(C[NH2+]CCO)o2)cc1. The maximum Gasteiger partial charge on any atom is 0.158 e. The number of aliphatic hydroxyl groups is 2. The Balaban J connectivity index is 2.05. The minimum atomic E-state index is -0.450. The Hall–Kier alpha value is -1.62. The monoisotopic (exact) mass is 262 g/mol. The average Bonchev–Trinajstić information content (AvgIpc) is 2.88. The fourth-order valence-electron chi connectivity index (χ4n) is 1.90. The van der Waals surface area contributed by atoms with Crippen molar-refractivity contribution in [2.45, 2.75) is 19.6 Å². The normalized spacial score (nSPS) is 12.6. The largest absolute Gasteiger partial charge is 0.455 e. The molecule has 0 unspecified atom stereocenters. The van der Waals surface area contributed by atoms with E-state index in [-0.39, 0.29) is 6.61 Å². The molecule has 1 aromatic carbocycles. The summed E-state index contributed by atoms with van der Waals surface area (Å²) in [5.41, 5.74) is 1.89. The lowest BCUT2D eigenvalue weighted by Gasteiger charge is -2.04. The van der Waals surface area contributed by atoms with Crippen molar-refractivity contribution < 1.29 is 19.9 Å². The number of hydrogen-bond donors (Lipinski definition) is 3. The van der Waals surface area contributed by atoms with Crippen LogP contribution in [0.3, 0.4) is 0 Å². The van der Waals surface area contributed by atoms with Crippen LogP contribution < -0.4 is 5.32 Å². The van der Waals surface area contributed by atoms with Gasteiger partial charge in [-0.05, 0) is 24.6 Å². The number of benzene rings is 1. The molecule has 0 amide bonds. The van der Waals surface area contributed by atoms with Crippen molar-refractivity contribution in [1.29, 1.82) is 0 Å². The first-order chi connectivity index (χ1) is 9.20. The van der Waals surface area contributed by atoms with Crippen molar-refractivity contribution >= 4 is 0 Å². The molecule has 0 saturated carbocycles. The molecule has 4 heteroatoms. The van der Waals surface area contributed by atoms with Crippen molar-refractivity contribution in [3.8, 4) is 11.3 Å². The summed E-state index contributed by atoms with van der Waals surface area (Å²) >= 11 is 0. The van der Waals surface area contributed by atoms with Crippen LogP contribution in [0.5, 0.6) is 0 Å². The molecule has 0 spiro atoms. The van der Waals surface area contributed by atoms with Gasteiger partial charge in [-0.3, -0.25) is 0 Å². The van der Waals surface area contributed by atoms with Crippen LogP contribution in [0.4, 0.5) is 0 Å². The Bertz CT molecular complexity index is 502. The van der Waals surface area contributed by atoms with Gasteiger partial charge in [-0.25, -0.2) is 0 Å². The molecule has 1 heterocycles. The maximum atomic E-state index is 9.46. The smallest absolute Gasteiger partial charge is 0.158 e. The van der Waals surface area contributed by atoms with Crippen LogP contribution in [0.15, 0.2) is 40.8 Å². The van der Waals surface area contributed by atoms with Gasteiger partial charge in [0.2, 0.25) is 0 Å². The molecule has 102 valence electrons. The van der Waals surface area contributed by atoms with Crippen LogP contribution in [0.25, 0.3) is 11.3 Å². The van der Waals surface area contributed by atoms with Gasteiger partial charge in [-0.2, -0.15) is 0 Å². The second-order valence-corrected chi connectivity index (χ2v) is 4.57. The van der Waals surface area contributed by atoms with Crippen molar-refractivity contribution in [2.24, 2.45) is 0 Å². The van der Waals surface area contributed by atoms with Crippen molar-refractivity contribution in [3.05, 3.63) is 47.7 Å². The van der Waals surface area contributed by atoms with E-state index < -0.39 is 6.10 Å². The zero-order valence-electron chi connectivity index (χ0n) is 11.0. The van der Waals surface area contributed by atoms with E-state index in [0.29, 0.717) is 6.54 Å². The van der Waals surface area contributed by atoms with E-state index in [2.05, 4.69) is 0 Å². The van der Waals surface area contributed by atoms with E-state index in [1.165, 1.54) is 0 Å². The highest BCUT2D eigenvalue weighted by Gasteiger charge is 2.07. The van der Waals surface area contributed by atoms with Crippen molar-refractivity contribution in [3.63, 3.8) is 0 Å². The highest BCUT2D eigenvalue weighted by molar-refractivity contribution is 5.58. The molecule has 4 N–H and O–H groups in total. The molecule has 4 nitrogen and oxygen atoms in total. The molecule has 2 aromatic rings. The molecule has 0 saturated heterocycles. The zero-order chi connectivity index (χ0) is 13.7. The number of rotatable bonds is 6. The second-order valence-electron chi connectivity index (χ2n) is 4.57. The standard InChI is InChI=1S/C15H19NO3/c1-11(18)12-2-4-13(5-3-12)15-7-6-14(19-15)10-16-8-9-17/h2-7,11,16-18H,8-10H2,1H3/p+1/t11-/m1/s1. The van der Waals surface area contributed by atoms with Crippen molar-refractivity contribution in [2.75, 3.05) is 13.2 Å². The fraction of sp³-hybridized carbons (Fsp3) is 0.333. The maximum absolute atomic E-state index is 9.46. The summed E-state index contributed by atoms with van der Waals surface area (Å²) in [6, 6.07) is 11.6. The van der Waals surface area contributed by atoms with Gasteiger partial charge in [0.05, 0.1) is 19.3 Å². The zero-order valence-corrected chi connectivity index (χ0v) is 11.0. The summed E-state index contributed by atoms with van der Waals surface area (Å²) in [6.07, 6.45) is -0.450. The van der Waals surface area contributed by atoms with Gasteiger partial charge in [-0.1, -0.05) is 24.3 Å². The predicted molar refractivity (Wildman–Crippen MR) is 72.4 cm³/mol. The number of aliphatic hydroxyl groups excluding tert-OH is 2. The molecule has 0 bridgehead atoms. The third-order valence-electron chi connectivity index (χ3n) is 3.02. The van der Waals surface area contributed by atoms with Gasteiger partial charge < -0.3 is 19.9 Å². The lowest BCUT2D eigenvalue weighted by atomic mass is 10.1. The first kappa shape index (κ1) is 13.8. The van der Waals surface area contributed by atoms with Crippen LogP contribution in [-0.2, 0) is 6.54 Å². The quantitative estimate of drug-likeness (QED) is 0.682. The second kappa shape index (κ2) is 6.52. The molecule has 0 aliphatic rings. The van der Waals surface area contributed by atoms with Crippen LogP contribution in [0, 0.1) is 0 Å². The lowest BCUT2D eigenvalue weighted by molar-refractivity contribution is -0.673. The Labute approximate surface area is 112 Å². The first-order valence-corrected chi connectivity index (χ1v) is 6.50. The summed E-state index contributed by atoms with van der Waals surface area (Å²) in [5.74, 6) is 1.72. The van der Waals surface area contributed by atoms with E-state index in [0.717, 1.165) is 29.2 Å². The first-order valence-electron chi connectivity index (χ1n) is 6.50. The highest BCUT2D eigenvalue weighted by Crippen LogP contribution is 2.23.